The minimum atomic E-state index is 0.117. The second-order valence-corrected chi connectivity index (χ2v) is 6.55. The summed E-state index contributed by atoms with van der Waals surface area (Å²) >= 11 is 0. The molecule has 1 aliphatic rings. The molecule has 8 heteroatoms. The quantitative estimate of drug-likeness (QED) is 0.419. The second kappa shape index (κ2) is 9.30. The Labute approximate surface area is 153 Å². The van der Waals surface area contributed by atoms with Crippen molar-refractivity contribution in [1.29, 1.82) is 0 Å². The molecule has 1 saturated heterocycles. The molecule has 140 valence electrons. The average molecular weight is 358 g/mol. The summed E-state index contributed by atoms with van der Waals surface area (Å²) in [6.07, 6.45) is 3.91. The molecule has 0 saturated carbocycles. The molecule has 4 N–H and O–H groups in total. The third-order valence-electron chi connectivity index (χ3n) is 4.55. The molecule has 1 unspecified atom stereocenters. The number of benzene rings is 1. The van der Waals surface area contributed by atoms with Gasteiger partial charge in [0.2, 0.25) is 11.9 Å². The van der Waals surface area contributed by atoms with E-state index in [2.05, 4.69) is 32.4 Å². The fourth-order valence-corrected chi connectivity index (χ4v) is 3.17. The minimum Gasteiger partial charge on any atom is -0.396 e. The van der Waals surface area contributed by atoms with Crippen molar-refractivity contribution in [3.05, 3.63) is 35.9 Å². The monoisotopic (exact) mass is 358 g/mol. The van der Waals surface area contributed by atoms with Gasteiger partial charge in [0, 0.05) is 26.2 Å². The molecule has 2 heterocycles. The number of aliphatic hydroxyl groups is 1. The lowest BCUT2D eigenvalue weighted by molar-refractivity contribution is 0.208. The fraction of sp³-hybridized carbons (Fsp3) is 0.500. The zero-order valence-corrected chi connectivity index (χ0v) is 14.8. The van der Waals surface area contributed by atoms with Gasteiger partial charge in [-0.2, -0.15) is 15.0 Å². The summed E-state index contributed by atoms with van der Waals surface area (Å²) < 4.78 is 0. The van der Waals surface area contributed by atoms with Crippen LogP contribution in [0.4, 0.5) is 17.8 Å². The van der Waals surface area contributed by atoms with Gasteiger partial charge in [-0.15, -0.1) is 0 Å². The van der Waals surface area contributed by atoms with Crippen molar-refractivity contribution in [1.82, 2.24) is 15.0 Å². The van der Waals surface area contributed by atoms with E-state index in [9.17, 15) is 10.3 Å². The Hall–Kier alpha value is -2.45. The highest BCUT2D eigenvalue weighted by atomic mass is 16.5. The zero-order valence-electron chi connectivity index (χ0n) is 14.8. The highest BCUT2D eigenvalue weighted by Crippen LogP contribution is 2.21. The Balaban J connectivity index is 1.60. The van der Waals surface area contributed by atoms with Crippen molar-refractivity contribution < 1.29 is 10.3 Å². The van der Waals surface area contributed by atoms with Crippen molar-refractivity contribution in [2.75, 3.05) is 41.9 Å². The van der Waals surface area contributed by atoms with E-state index in [0.717, 1.165) is 38.8 Å². The smallest absolute Gasteiger partial charge is 0.253 e. The Bertz CT molecular complexity index is 685. The number of aromatic nitrogens is 3. The predicted octanol–water partition coefficient (Wildman–Crippen LogP) is 1.93. The van der Waals surface area contributed by atoms with Gasteiger partial charge in [-0.05, 0) is 37.2 Å². The highest BCUT2D eigenvalue weighted by molar-refractivity contribution is 5.43. The maximum Gasteiger partial charge on any atom is 0.253 e. The Morgan fingerprint density at radius 3 is 2.69 bits per heavy atom. The molecule has 1 atom stereocenters. The largest absolute Gasteiger partial charge is 0.396 e. The molecule has 8 nitrogen and oxygen atoms in total. The average Bonchev–Trinajstić information content (AvgIpc) is 2.71. The molecule has 0 aliphatic carbocycles. The number of hydrogen-bond donors (Lipinski definition) is 4. The number of rotatable bonds is 8. The van der Waals surface area contributed by atoms with E-state index in [1.807, 2.05) is 28.6 Å². The van der Waals surface area contributed by atoms with Crippen LogP contribution in [0.5, 0.6) is 0 Å². The predicted molar refractivity (Wildman–Crippen MR) is 101 cm³/mol. The number of anilines is 3. The maximum absolute atomic E-state index is 9.40. The second-order valence-electron chi connectivity index (χ2n) is 6.55. The normalized spacial score (nSPS) is 17.2. The molecule has 0 radical (unpaired) electrons. The number of piperidine rings is 1. The SMILES string of the molecule is OCC1CCCN(c2nc(NO)nc(NCCCc3ccccc3)n2)C1. The van der Waals surface area contributed by atoms with Gasteiger partial charge in [0.25, 0.3) is 5.95 Å². The van der Waals surface area contributed by atoms with Gasteiger partial charge < -0.3 is 15.3 Å². The van der Waals surface area contributed by atoms with E-state index < -0.39 is 0 Å². The highest BCUT2D eigenvalue weighted by Gasteiger charge is 2.22. The molecular weight excluding hydrogens is 332 g/mol. The molecule has 3 rings (SSSR count). The van der Waals surface area contributed by atoms with E-state index in [1.165, 1.54) is 5.56 Å². The number of nitrogens with one attached hydrogen (secondary N) is 2. The number of hydrogen-bond acceptors (Lipinski definition) is 8. The van der Waals surface area contributed by atoms with Crippen LogP contribution in [-0.2, 0) is 6.42 Å². The summed E-state index contributed by atoms with van der Waals surface area (Å²) in [7, 11) is 0. The first-order valence-electron chi connectivity index (χ1n) is 9.08. The van der Waals surface area contributed by atoms with Gasteiger partial charge in [0.05, 0.1) is 0 Å². The van der Waals surface area contributed by atoms with Crippen LogP contribution >= 0.6 is 0 Å². The minimum absolute atomic E-state index is 0.117. The van der Waals surface area contributed by atoms with Crippen molar-refractivity contribution in [3.63, 3.8) is 0 Å². The van der Waals surface area contributed by atoms with Crippen LogP contribution in [0, 0.1) is 5.92 Å². The van der Waals surface area contributed by atoms with Gasteiger partial charge in [0.1, 0.15) is 0 Å². The molecule has 0 amide bonds. The number of aryl methyl sites for hydroxylation is 1. The van der Waals surface area contributed by atoms with Gasteiger partial charge in [-0.3, -0.25) is 5.21 Å². The van der Waals surface area contributed by atoms with Gasteiger partial charge in [0.15, 0.2) is 0 Å². The van der Waals surface area contributed by atoms with E-state index >= 15 is 0 Å². The molecule has 2 aromatic rings. The molecule has 26 heavy (non-hydrogen) atoms. The molecule has 1 aromatic carbocycles. The lowest BCUT2D eigenvalue weighted by atomic mass is 9.99. The van der Waals surface area contributed by atoms with E-state index in [0.29, 0.717) is 18.4 Å². The van der Waals surface area contributed by atoms with Gasteiger partial charge in [-0.1, -0.05) is 30.3 Å². The van der Waals surface area contributed by atoms with Crippen molar-refractivity contribution >= 4 is 17.8 Å². The first-order chi connectivity index (χ1) is 12.8. The summed E-state index contributed by atoms with van der Waals surface area (Å²) in [5.74, 6) is 1.30. The van der Waals surface area contributed by atoms with Crippen LogP contribution in [0.2, 0.25) is 0 Å². The van der Waals surface area contributed by atoms with Gasteiger partial charge >= 0.3 is 0 Å². The van der Waals surface area contributed by atoms with E-state index in [-0.39, 0.29) is 18.5 Å². The first kappa shape index (κ1) is 18.3. The summed E-state index contributed by atoms with van der Waals surface area (Å²) in [5, 5.41) is 21.8. The van der Waals surface area contributed by atoms with Crippen LogP contribution in [0.15, 0.2) is 30.3 Å². The van der Waals surface area contributed by atoms with Crippen LogP contribution in [0.25, 0.3) is 0 Å². The van der Waals surface area contributed by atoms with Crippen molar-refractivity contribution in [2.24, 2.45) is 5.92 Å². The summed E-state index contributed by atoms with van der Waals surface area (Å²) in [6, 6.07) is 10.3. The summed E-state index contributed by atoms with van der Waals surface area (Å²) in [4.78, 5) is 14.9. The number of nitrogens with zero attached hydrogens (tertiary/aromatic N) is 4. The fourth-order valence-electron chi connectivity index (χ4n) is 3.17. The topological polar surface area (TPSA) is 106 Å². The maximum atomic E-state index is 9.40. The lowest BCUT2D eigenvalue weighted by Crippen LogP contribution is -2.38. The number of aliphatic hydroxyl groups excluding tert-OH is 1. The zero-order chi connectivity index (χ0) is 18.2. The van der Waals surface area contributed by atoms with Crippen LogP contribution in [-0.4, -0.2) is 51.5 Å². The molecule has 0 spiro atoms. The van der Waals surface area contributed by atoms with Crippen LogP contribution < -0.4 is 15.7 Å². The Kier molecular flexibility index (Phi) is 6.56. The summed E-state index contributed by atoms with van der Waals surface area (Å²) in [5.41, 5.74) is 3.31. The molecule has 0 bridgehead atoms. The van der Waals surface area contributed by atoms with Crippen LogP contribution in [0.1, 0.15) is 24.8 Å². The van der Waals surface area contributed by atoms with Crippen molar-refractivity contribution in [3.8, 4) is 0 Å². The summed E-state index contributed by atoms with van der Waals surface area (Å²) in [6.45, 7) is 2.43. The van der Waals surface area contributed by atoms with E-state index in [1.54, 1.807) is 0 Å². The van der Waals surface area contributed by atoms with E-state index in [4.69, 9.17) is 0 Å². The van der Waals surface area contributed by atoms with Gasteiger partial charge in [-0.25, -0.2) is 5.48 Å². The first-order valence-corrected chi connectivity index (χ1v) is 9.08. The third-order valence-corrected chi connectivity index (χ3v) is 4.55. The Morgan fingerprint density at radius 2 is 1.92 bits per heavy atom. The lowest BCUT2D eigenvalue weighted by Gasteiger charge is -2.31. The molecule has 1 fully saturated rings. The Morgan fingerprint density at radius 1 is 1.12 bits per heavy atom. The standard InChI is InChI=1S/C18H26N6O2/c25-13-15-9-5-11-24(12-15)18-21-16(20-17(22-18)23-26)19-10-4-8-14-6-2-1-3-7-14/h1-3,6-7,15,25-26H,4-5,8-13H2,(H2,19,20,21,22,23). The van der Waals surface area contributed by atoms with Crippen LogP contribution in [0.3, 0.4) is 0 Å². The molecule has 1 aromatic heterocycles. The molecular formula is C18H26N6O2. The third kappa shape index (κ3) is 5.03. The van der Waals surface area contributed by atoms with Crippen molar-refractivity contribution in [2.45, 2.75) is 25.7 Å². The molecule has 1 aliphatic heterocycles.